The Morgan fingerprint density at radius 2 is 1.07 bits per heavy atom. The van der Waals surface area contributed by atoms with Gasteiger partial charge in [-0.3, -0.25) is 0 Å². The van der Waals surface area contributed by atoms with Gasteiger partial charge >= 0.3 is 0 Å². The number of nitrogens with zero attached hydrogens (tertiary/aromatic N) is 1. The number of rotatable bonds is 5. The summed E-state index contributed by atoms with van der Waals surface area (Å²) in [5.74, 6) is 0. The van der Waals surface area contributed by atoms with Crippen molar-refractivity contribution < 1.29 is 0 Å². The van der Waals surface area contributed by atoms with Gasteiger partial charge < -0.3 is 4.90 Å². The highest BCUT2D eigenvalue weighted by Crippen LogP contribution is 2.55. The van der Waals surface area contributed by atoms with E-state index in [0.29, 0.717) is 0 Å². The van der Waals surface area contributed by atoms with Crippen molar-refractivity contribution in [2.75, 3.05) is 4.90 Å². The lowest BCUT2D eigenvalue weighted by Gasteiger charge is -2.30. The summed E-state index contributed by atoms with van der Waals surface area (Å²) in [6, 6.07) is 69.6. The van der Waals surface area contributed by atoms with Gasteiger partial charge in [0.2, 0.25) is 0 Å². The summed E-state index contributed by atoms with van der Waals surface area (Å²) in [7, 11) is 0. The van der Waals surface area contributed by atoms with Gasteiger partial charge in [0, 0.05) is 42.2 Å². The van der Waals surface area contributed by atoms with Gasteiger partial charge in [0.1, 0.15) is 0 Å². The lowest BCUT2D eigenvalue weighted by atomic mass is 9.82. The average Bonchev–Trinajstić information content (AvgIpc) is 3.73. The highest BCUT2D eigenvalue weighted by Gasteiger charge is 2.38. The van der Waals surface area contributed by atoms with E-state index < -0.39 is 0 Å². The van der Waals surface area contributed by atoms with Crippen LogP contribution in [0.1, 0.15) is 25.0 Å². The summed E-state index contributed by atoms with van der Waals surface area (Å²) < 4.78 is 2.65. The van der Waals surface area contributed by atoms with Crippen molar-refractivity contribution in [1.29, 1.82) is 0 Å². The second-order valence-electron chi connectivity index (χ2n) is 15.2. The van der Waals surface area contributed by atoms with E-state index in [1.807, 2.05) is 11.3 Å². The molecule has 0 fully saturated rings. The molecule has 0 spiro atoms. The van der Waals surface area contributed by atoms with Gasteiger partial charge in [0.15, 0.2) is 0 Å². The van der Waals surface area contributed by atoms with Crippen LogP contribution in [0.3, 0.4) is 0 Å². The molecule has 0 bridgehead atoms. The van der Waals surface area contributed by atoms with Crippen LogP contribution in [-0.4, -0.2) is 0 Å². The predicted octanol–water partition coefficient (Wildman–Crippen LogP) is 15.5. The highest BCUT2D eigenvalue weighted by molar-refractivity contribution is 7.26. The third kappa shape index (κ3) is 4.85. The summed E-state index contributed by atoms with van der Waals surface area (Å²) in [5.41, 5.74) is 13.6. The van der Waals surface area contributed by atoms with Crippen LogP contribution in [0.4, 0.5) is 17.1 Å². The molecule has 1 aliphatic rings. The summed E-state index contributed by atoms with van der Waals surface area (Å²) in [6.07, 6.45) is 0. The zero-order chi connectivity index (χ0) is 36.7. The number of hydrogen-bond acceptors (Lipinski definition) is 2. The molecule has 1 heterocycles. The van der Waals surface area contributed by atoms with Crippen LogP contribution < -0.4 is 4.90 Å². The highest BCUT2D eigenvalue weighted by atomic mass is 32.1. The fraction of sp³-hybridized carbons (Fsp3) is 0.0566. The topological polar surface area (TPSA) is 3.24 Å². The summed E-state index contributed by atoms with van der Waals surface area (Å²) in [5, 5.41) is 7.72. The Morgan fingerprint density at radius 3 is 2.00 bits per heavy atom. The van der Waals surface area contributed by atoms with E-state index in [9.17, 15) is 0 Å². The molecule has 0 saturated carbocycles. The summed E-state index contributed by atoms with van der Waals surface area (Å²) in [6.45, 7) is 4.73. The first kappa shape index (κ1) is 32.0. The molecule has 0 radical (unpaired) electrons. The van der Waals surface area contributed by atoms with Crippen molar-refractivity contribution in [2.24, 2.45) is 0 Å². The second kappa shape index (κ2) is 12.3. The molecule has 11 rings (SSSR count). The Labute approximate surface area is 325 Å². The van der Waals surface area contributed by atoms with E-state index in [1.165, 1.54) is 91.9 Å². The van der Waals surface area contributed by atoms with Crippen LogP contribution in [0.25, 0.3) is 75.1 Å². The molecule has 2 heteroatoms. The Morgan fingerprint density at radius 1 is 0.418 bits per heavy atom. The molecule has 1 aromatic heterocycles. The maximum Gasteiger partial charge on any atom is 0.0543 e. The molecule has 0 atom stereocenters. The predicted molar refractivity (Wildman–Crippen MR) is 237 cm³/mol. The molecule has 1 aliphatic carbocycles. The Bertz CT molecular complexity index is 3130. The molecule has 10 aromatic rings. The molecular formula is C53H37NS. The maximum absolute atomic E-state index is 2.52. The molecule has 0 N–H and O–H groups in total. The van der Waals surface area contributed by atoms with Gasteiger partial charge in [-0.1, -0.05) is 166 Å². The number of benzene rings is 9. The fourth-order valence-electron chi connectivity index (χ4n) is 9.33. The van der Waals surface area contributed by atoms with Crippen LogP contribution in [0.2, 0.25) is 0 Å². The van der Waals surface area contributed by atoms with E-state index in [1.54, 1.807) is 0 Å². The average molecular weight is 720 g/mol. The minimum Gasteiger partial charge on any atom is -0.309 e. The van der Waals surface area contributed by atoms with Gasteiger partial charge in [-0.25, -0.2) is 0 Å². The SMILES string of the molecule is CC1(C)c2ccccc2-c2c(N(c3cccc(-c4ccccc4)c3)c3cccc4c(-c5cccc6ccc7sc8ccccc8c7c56)cccc34)cccc21. The quantitative estimate of drug-likeness (QED) is 0.171. The second-order valence-corrected chi connectivity index (χ2v) is 16.3. The summed E-state index contributed by atoms with van der Waals surface area (Å²) >= 11 is 1.88. The van der Waals surface area contributed by atoms with Crippen molar-refractivity contribution in [1.82, 2.24) is 0 Å². The minimum atomic E-state index is -0.114. The lowest BCUT2D eigenvalue weighted by Crippen LogP contribution is -2.16. The van der Waals surface area contributed by atoms with Gasteiger partial charge in [-0.15, -0.1) is 11.3 Å². The normalized spacial score (nSPS) is 13.1. The molecule has 0 amide bonds. The molecule has 0 unspecified atom stereocenters. The fourth-order valence-corrected chi connectivity index (χ4v) is 10.4. The van der Waals surface area contributed by atoms with Crippen LogP contribution in [0.5, 0.6) is 0 Å². The first-order valence-electron chi connectivity index (χ1n) is 19.1. The van der Waals surface area contributed by atoms with E-state index in [-0.39, 0.29) is 5.41 Å². The van der Waals surface area contributed by atoms with E-state index in [0.717, 1.165) is 11.4 Å². The maximum atomic E-state index is 2.52. The van der Waals surface area contributed by atoms with Crippen LogP contribution in [0.15, 0.2) is 188 Å². The smallest absolute Gasteiger partial charge is 0.0543 e. The number of anilines is 3. The Kier molecular flexibility index (Phi) is 7.14. The zero-order valence-electron chi connectivity index (χ0n) is 30.8. The summed E-state index contributed by atoms with van der Waals surface area (Å²) in [4.78, 5) is 2.52. The van der Waals surface area contributed by atoms with E-state index in [2.05, 4.69) is 207 Å². The molecule has 0 aliphatic heterocycles. The molecule has 260 valence electrons. The van der Waals surface area contributed by atoms with Gasteiger partial charge in [0.05, 0.1) is 11.4 Å². The molecular weight excluding hydrogens is 683 g/mol. The van der Waals surface area contributed by atoms with E-state index in [4.69, 9.17) is 0 Å². The zero-order valence-corrected chi connectivity index (χ0v) is 31.6. The molecule has 1 nitrogen and oxygen atoms in total. The monoisotopic (exact) mass is 719 g/mol. The number of hydrogen-bond donors (Lipinski definition) is 0. The van der Waals surface area contributed by atoms with Gasteiger partial charge in [0.25, 0.3) is 0 Å². The lowest BCUT2D eigenvalue weighted by molar-refractivity contribution is 0.660. The first-order valence-corrected chi connectivity index (χ1v) is 19.9. The Hall–Kier alpha value is -6.48. The number of thiophene rings is 1. The molecule has 9 aromatic carbocycles. The first-order chi connectivity index (χ1) is 27.1. The third-order valence-electron chi connectivity index (χ3n) is 11.9. The third-order valence-corrected chi connectivity index (χ3v) is 13.0. The number of fused-ring (bicyclic) bond motifs is 9. The largest absolute Gasteiger partial charge is 0.309 e. The van der Waals surface area contributed by atoms with Crippen molar-refractivity contribution >= 4 is 70.1 Å². The standard InChI is InChI=1S/C53H37NS/c1-53(2)44-26-8-6-20-42(44)51-45(53)27-14-29-47(51)54(37-19-10-18-36(33-37)34-15-4-3-5-16-34)46-28-13-23-38-39(22-12-24-40(38)46)41-25-11-17-35-31-32-49-52(50(35)41)43-21-7-9-30-48(43)55-49/h3-33H,1-2H3. The van der Waals surface area contributed by atoms with Crippen molar-refractivity contribution in [3.05, 3.63) is 199 Å². The van der Waals surface area contributed by atoms with Crippen LogP contribution in [-0.2, 0) is 5.41 Å². The molecule has 55 heavy (non-hydrogen) atoms. The van der Waals surface area contributed by atoms with E-state index >= 15 is 0 Å². The van der Waals surface area contributed by atoms with Crippen molar-refractivity contribution in [3.8, 4) is 33.4 Å². The van der Waals surface area contributed by atoms with Gasteiger partial charge in [-0.2, -0.15) is 0 Å². The van der Waals surface area contributed by atoms with Crippen LogP contribution in [0, 0.1) is 0 Å². The van der Waals surface area contributed by atoms with Gasteiger partial charge in [-0.05, 0) is 91.5 Å². The van der Waals surface area contributed by atoms with Crippen molar-refractivity contribution in [2.45, 2.75) is 19.3 Å². The molecule has 0 saturated heterocycles. The van der Waals surface area contributed by atoms with Crippen molar-refractivity contribution in [3.63, 3.8) is 0 Å². The minimum absolute atomic E-state index is 0.114. The Balaban J connectivity index is 1.20. The van der Waals surface area contributed by atoms with Crippen LogP contribution >= 0.6 is 11.3 Å².